The number of piperidine rings is 1. The summed E-state index contributed by atoms with van der Waals surface area (Å²) in [6.45, 7) is 0.108. The molecule has 1 heterocycles. The third-order valence-electron chi connectivity index (χ3n) is 1.50. The maximum absolute atomic E-state index is 12.4. The standard InChI is InChI=1S/C6H8F2N2/c7-6(8)1-5(2-9)3-10-4-6/h5,10H,1,3-4H2/t5-/m0/s1. The zero-order valence-electron chi connectivity index (χ0n) is 5.40. The molecule has 1 rings (SSSR count). The fourth-order valence-corrected chi connectivity index (χ4v) is 1.03. The molecule has 0 radical (unpaired) electrons. The average molecular weight is 146 g/mol. The van der Waals surface area contributed by atoms with Crippen molar-refractivity contribution in [3.63, 3.8) is 0 Å². The number of hydrogen-bond acceptors (Lipinski definition) is 2. The molecule has 0 spiro atoms. The predicted octanol–water partition coefficient (Wildman–Crippen LogP) is 0.755. The second-order valence-corrected chi connectivity index (χ2v) is 2.52. The highest BCUT2D eigenvalue weighted by atomic mass is 19.3. The molecule has 56 valence electrons. The lowest BCUT2D eigenvalue weighted by Crippen LogP contribution is -2.43. The Kier molecular flexibility index (Phi) is 1.86. The Balaban J connectivity index is 2.49. The molecule has 4 heteroatoms. The third kappa shape index (κ3) is 1.64. The summed E-state index contributed by atoms with van der Waals surface area (Å²) in [5.41, 5.74) is 0. The molecule has 0 aliphatic carbocycles. The van der Waals surface area contributed by atoms with E-state index in [0.29, 0.717) is 6.54 Å². The van der Waals surface area contributed by atoms with Crippen molar-refractivity contribution in [2.45, 2.75) is 12.3 Å². The van der Waals surface area contributed by atoms with E-state index in [-0.39, 0.29) is 13.0 Å². The first-order valence-electron chi connectivity index (χ1n) is 3.12. The Bertz CT molecular complexity index is 162. The molecule has 0 amide bonds. The molecule has 1 saturated heterocycles. The minimum absolute atomic E-state index is 0.287. The molecule has 0 aromatic heterocycles. The monoisotopic (exact) mass is 146 g/mol. The molecule has 0 unspecified atom stereocenters. The van der Waals surface area contributed by atoms with Gasteiger partial charge in [0.15, 0.2) is 0 Å². The van der Waals surface area contributed by atoms with Gasteiger partial charge in [-0.25, -0.2) is 8.78 Å². The smallest absolute Gasteiger partial charge is 0.261 e. The van der Waals surface area contributed by atoms with Gasteiger partial charge in [-0.2, -0.15) is 5.26 Å². The van der Waals surface area contributed by atoms with Gasteiger partial charge in [-0.15, -0.1) is 0 Å². The van der Waals surface area contributed by atoms with Gasteiger partial charge in [0.1, 0.15) is 0 Å². The summed E-state index contributed by atoms with van der Waals surface area (Å²) in [6, 6.07) is 1.82. The number of halogens is 2. The van der Waals surface area contributed by atoms with Crippen molar-refractivity contribution < 1.29 is 8.78 Å². The molecule has 1 atom stereocenters. The van der Waals surface area contributed by atoms with E-state index in [0.717, 1.165) is 0 Å². The molecule has 1 fully saturated rings. The van der Waals surface area contributed by atoms with Gasteiger partial charge >= 0.3 is 0 Å². The molecule has 0 aromatic carbocycles. The zero-order chi connectivity index (χ0) is 7.61. The first-order chi connectivity index (χ1) is 4.64. The molecule has 1 aliphatic rings. The van der Waals surface area contributed by atoms with Crippen LogP contribution < -0.4 is 5.32 Å². The van der Waals surface area contributed by atoms with Crippen molar-refractivity contribution in [2.75, 3.05) is 13.1 Å². The minimum Gasteiger partial charge on any atom is -0.310 e. The summed E-state index contributed by atoms with van der Waals surface area (Å²) < 4.78 is 24.9. The quantitative estimate of drug-likeness (QED) is 0.547. The molecule has 1 N–H and O–H groups in total. The molecule has 10 heavy (non-hydrogen) atoms. The van der Waals surface area contributed by atoms with E-state index in [2.05, 4.69) is 5.32 Å². The summed E-state index contributed by atoms with van der Waals surface area (Å²) >= 11 is 0. The Morgan fingerprint density at radius 1 is 1.60 bits per heavy atom. The van der Waals surface area contributed by atoms with E-state index in [4.69, 9.17) is 5.26 Å². The average Bonchev–Trinajstić information content (AvgIpc) is 1.86. The molecular weight excluding hydrogens is 138 g/mol. The summed E-state index contributed by atoms with van der Waals surface area (Å²) in [7, 11) is 0. The van der Waals surface area contributed by atoms with Crippen LogP contribution in [0.4, 0.5) is 8.78 Å². The largest absolute Gasteiger partial charge is 0.310 e. The Morgan fingerprint density at radius 3 is 2.70 bits per heavy atom. The number of nitrogens with zero attached hydrogens (tertiary/aromatic N) is 1. The number of alkyl halides is 2. The maximum Gasteiger partial charge on any atom is 0.261 e. The van der Waals surface area contributed by atoms with Gasteiger partial charge in [-0.3, -0.25) is 0 Å². The first-order valence-corrected chi connectivity index (χ1v) is 3.12. The maximum atomic E-state index is 12.4. The van der Waals surface area contributed by atoms with Crippen LogP contribution in [0.2, 0.25) is 0 Å². The van der Waals surface area contributed by atoms with Gasteiger partial charge in [0.2, 0.25) is 0 Å². The second kappa shape index (κ2) is 2.51. The van der Waals surface area contributed by atoms with Gasteiger partial charge in [-0.1, -0.05) is 0 Å². The van der Waals surface area contributed by atoms with Crippen LogP contribution in [0.5, 0.6) is 0 Å². The van der Waals surface area contributed by atoms with Crippen LogP contribution >= 0.6 is 0 Å². The number of hydrogen-bond donors (Lipinski definition) is 1. The number of rotatable bonds is 0. The van der Waals surface area contributed by atoms with Gasteiger partial charge < -0.3 is 5.32 Å². The first kappa shape index (κ1) is 7.42. The van der Waals surface area contributed by atoms with Gasteiger partial charge in [0, 0.05) is 13.0 Å². The summed E-state index contributed by atoms with van der Waals surface area (Å²) in [5, 5.41) is 10.8. The van der Waals surface area contributed by atoms with Crippen LogP contribution in [0.3, 0.4) is 0 Å². The van der Waals surface area contributed by atoms with Crippen LogP contribution in [0, 0.1) is 17.2 Å². The Morgan fingerprint density at radius 2 is 2.30 bits per heavy atom. The van der Waals surface area contributed by atoms with Crippen molar-refractivity contribution >= 4 is 0 Å². The van der Waals surface area contributed by atoms with E-state index in [1.54, 1.807) is 0 Å². The van der Waals surface area contributed by atoms with Crippen LogP contribution in [-0.2, 0) is 0 Å². The van der Waals surface area contributed by atoms with Crippen LogP contribution in [0.1, 0.15) is 6.42 Å². The minimum atomic E-state index is -2.68. The van der Waals surface area contributed by atoms with Gasteiger partial charge in [-0.05, 0) is 0 Å². The highest BCUT2D eigenvalue weighted by Gasteiger charge is 2.35. The Hall–Kier alpha value is -0.690. The Labute approximate surface area is 57.8 Å². The number of nitrogens with one attached hydrogen (secondary N) is 1. The second-order valence-electron chi connectivity index (χ2n) is 2.52. The van der Waals surface area contributed by atoms with E-state index in [1.165, 1.54) is 0 Å². The lowest BCUT2D eigenvalue weighted by atomic mass is 9.99. The lowest BCUT2D eigenvalue weighted by molar-refractivity contribution is -0.0311. The van der Waals surface area contributed by atoms with Crippen molar-refractivity contribution in [1.82, 2.24) is 5.32 Å². The predicted molar refractivity (Wildman–Crippen MR) is 31.5 cm³/mol. The van der Waals surface area contributed by atoms with E-state index in [1.807, 2.05) is 6.07 Å². The van der Waals surface area contributed by atoms with Crippen LogP contribution in [0.25, 0.3) is 0 Å². The topological polar surface area (TPSA) is 35.8 Å². The van der Waals surface area contributed by atoms with Crippen LogP contribution in [0.15, 0.2) is 0 Å². The SMILES string of the molecule is N#C[C@H]1CNCC(F)(F)C1. The highest BCUT2D eigenvalue weighted by molar-refractivity contribution is 4.93. The molecular formula is C6H8F2N2. The zero-order valence-corrected chi connectivity index (χ0v) is 5.40. The van der Waals surface area contributed by atoms with E-state index >= 15 is 0 Å². The van der Waals surface area contributed by atoms with Crippen molar-refractivity contribution in [3.05, 3.63) is 0 Å². The van der Waals surface area contributed by atoms with Gasteiger partial charge in [0.05, 0.1) is 18.5 Å². The van der Waals surface area contributed by atoms with E-state index in [9.17, 15) is 8.78 Å². The molecule has 0 saturated carbocycles. The van der Waals surface area contributed by atoms with Gasteiger partial charge in [0.25, 0.3) is 5.92 Å². The van der Waals surface area contributed by atoms with Crippen molar-refractivity contribution in [2.24, 2.45) is 5.92 Å². The van der Waals surface area contributed by atoms with Crippen molar-refractivity contribution in [1.29, 1.82) is 5.26 Å². The fourth-order valence-electron chi connectivity index (χ4n) is 1.03. The normalized spacial score (nSPS) is 31.1. The lowest BCUT2D eigenvalue weighted by Gasteiger charge is -2.25. The van der Waals surface area contributed by atoms with Crippen molar-refractivity contribution in [3.8, 4) is 6.07 Å². The summed E-state index contributed by atoms with van der Waals surface area (Å²) in [5.74, 6) is -3.21. The summed E-state index contributed by atoms with van der Waals surface area (Å²) in [4.78, 5) is 0. The molecule has 0 bridgehead atoms. The highest BCUT2D eigenvalue weighted by Crippen LogP contribution is 2.25. The fraction of sp³-hybridized carbons (Fsp3) is 0.833. The van der Waals surface area contributed by atoms with E-state index < -0.39 is 11.8 Å². The number of nitriles is 1. The summed E-state index contributed by atoms with van der Waals surface area (Å²) in [6.07, 6.45) is -0.295. The third-order valence-corrected chi connectivity index (χ3v) is 1.50. The van der Waals surface area contributed by atoms with Crippen LogP contribution in [-0.4, -0.2) is 19.0 Å². The molecule has 2 nitrogen and oxygen atoms in total. The molecule has 0 aromatic rings. The molecule has 1 aliphatic heterocycles.